The first-order valence-electron chi connectivity index (χ1n) is 11.2. The van der Waals surface area contributed by atoms with E-state index in [0.717, 1.165) is 5.56 Å². The van der Waals surface area contributed by atoms with Crippen LogP contribution in [0.1, 0.15) is 39.7 Å². The summed E-state index contributed by atoms with van der Waals surface area (Å²) >= 11 is 0. The molecule has 0 aliphatic rings. The molecule has 35 heavy (non-hydrogen) atoms. The maximum absolute atomic E-state index is 13.3. The second kappa shape index (κ2) is 12.0. The second-order valence-corrected chi connectivity index (χ2v) is 8.91. The highest BCUT2D eigenvalue weighted by atomic mass is 16.6. The molecule has 10 nitrogen and oxygen atoms in total. The fourth-order valence-electron chi connectivity index (χ4n) is 3.43. The molecule has 0 saturated heterocycles. The van der Waals surface area contributed by atoms with Gasteiger partial charge in [-0.2, -0.15) is 0 Å². The highest BCUT2D eigenvalue weighted by molar-refractivity contribution is 5.88. The van der Waals surface area contributed by atoms with Crippen LogP contribution in [-0.2, 0) is 16.1 Å². The maximum atomic E-state index is 13.3. The second-order valence-electron chi connectivity index (χ2n) is 8.91. The number of carbonyl (C=O) groups excluding carboxylic acids is 2. The topological polar surface area (TPSA) is 120 Å². The number of rotatable bonds is 11. The molecule has 0 heterocycles. The van der Waals surface area contributed by atoms with Crippen molar-refractivity contribution in [3.63, 3.8) is 0 Å². The van der Waals surface area contributed by atoms with Crippen LogP contribution in [0.5, 0.6) is 17.2 Å². The molecule has 0 spiro atoms. The molecule has 2 aromatic rings. The molecule has 1 N–H and O–H groups in total. The summed E-state index contributed by atoms with van der Waals surface area (Å²) < 4.78 is 15.9. The minimum absolute atomic E-state index is 0.0195. The third kappa shape index (κ3) is 7.87. The SMILES string of the molecule is CC[C@H](C(=O)NC(C)(C)C)N(Cc1ccc(OC)cc1)C(=O)COc1ccc([N+](=O)[O-])c(OC)c1. The fourth-order valence-corrected chi connectivity index (χ4v) is 3.43. The van der Waals surface area contributed by atoms with Crippen LogP contribution in [0, 0.1) is 10.1 Å². The van der Waals surface area contributed by atoms with E-state index in [1.807, 2.05) is 39.8 Å². The van der Waals surface area contributed by atoms with Gasteiger partial charge in [0.15, 0.2) is 6.61 Å². The Bertz CT molecular complexity index is 1030. The number of hydrogen-bond donors (Lipinski definition) is 1. The summed E-state index contributed by atoms with van der Waals surface area (Å²) in [6.45, 7) is 7.28. The van der Waals surface area contributed by atoms with Crippen molar-refractivity contribution in [1.29, 1.82) is 0 Å². The zero-order chi connectivity index (χ0) is 26.2. The van der Waals surface area contributed by atoms with Crippen LogP contribution >= 0.6 is 0 Å². The molecule has 190 valence electrons. The highest BCUT2D eigenvalue weighted by Crippen LogP contribution is 2.30. The monoisotopic (exact) mass is 487 g/mol. The molecule has 1 atom stereocenters. The third-order valence-corrected chi connectivity index (χ3v) is 5.11. The maximum Gasteiger partial charge on any atom is 0.311 e. The van der Waals surface area contributed by atoms with Crippen LogP contribution in [-0.4, -0.2) is 54.0 Å². The molecule has 0 unspecified atom stereocenters. The molecular weight excluding hydrogens is 454 g/mol. The number of nitro benzene ring substituents is 1. The van der Waals surface area contributed by atoms with E-state index in [9.17, 15) is 19.7 Å². The zero-order valence-corrected chi connectivity index (χ0v) is 21.0. The number of methoxy groups -OCH3 is 2. The molecule has 0 aliphatic carbocycles. The van der Waals surface area contributed by atoms with E-state index < -0.39 is 22.4 Å². The number of nitrogens with zero attached hydrogens (tertiary/aromatic N) is 2. The molecule has 10 heteroatoms. The van der Waals surface area contributed by atoms with Crippen molar-refractivity contribution in [2.75, 3.05) is 20.8 Å². The Kier molecular flexibility index (Phi) is 9.44. The van der Waals surface area contributed by atoms with E-state index >= 15 is 0 Å². The van der Waals surface area contributed by atoms with Crippen LogP contribution in [0.4, 0.5) is 5.69 Å². The minimum Gasteiger partial charge on any atom is -0.497 e. The standard InChI is InChI=1S/C25H33N3O7/c1-7-20(24(30)26-25(2,3)4)27(15-17-8-10-18(33-5)11-9-17)23(29)16-35-19-12-13-21(28(31)32)22(14-19)34-6/h8-14,20H,7,15-16H2,1-6H3,(H,26,30)/t20-/m1/s1. The average molecular weight is 488 g/mol. The number of ether oxygens (including phenoxy) is 3. The smallest absolute Gasteiger partial charge is 0.311 e. The van der Waals surface area contributed by atoms with Gasteiger partial charge in [0.1, 0.15) is 17.5 Å². The molecule has 2 aromatic carbocycles. The number of carbonyl (C=O) groups is 2. The Hall–Kier alpha value is -3.82. The van der Waals surface area contributed by atoms with Gasteiger partial charge in [0, 0.05) is 24.2 Å². The average Bonchev–Trinajstić information content (AvgIpc) is 2.81. The van der Waals surface area contributed by atoms with Crippen LogP contribution < -0.4 is 19.5 Å². The van der Waals surface area contributed by atoms with E-state index in [-0.39, 0.29) is 36.2 Å². The summed E-state index contributed by atoms with van der Waals surface area (Å²) in [6.07, 6.45) is 0.398. The van der Waals surface area contributed by atoms with Gasteiger partial charge >= 0.3 is 5.69 Å². The van der Waals surface area contributed by atoms with Crippen molar-refractivity contribution < 1.29 is 28.7 Å². The van der Waals surface area contributed by atoms with Gasteiger partial charge < -0.3 is 24.4 Å². The molecule has 0 bridgehead atoms. The third-order valence-electron chi connectivity index (χ3n) is 5.11. The van der Waals surface area contributed by atoms with E-state index in [0.29, 0.717) is 12.2 Å². The molecule has 0 fully saturated rings. The molecular formula is C25H33N3O7. The Morgan fingerprint density at radius 3 is 2.20 bits per heavy atom. The Morgan fingerprint density at radius 2 is 1.69 bits per heavy atom. The number of benzene rings is 2. The summed E-state index contributed by atoms with van der Waals surface area (Å²) in [7, 11) is 2.88. The predicted molar refractivity (Wildman–Crippen MR) is 131 cm³/mol. The number of amides is 2. The van der Waals surface area contributed by atoms with Gasteiger partial charge in [-0.3, -0.25) is 19.7 Å². The Balaban J connectivity index is 2.27. The summed E-state index contributed by atoms with van der Waals surface area (Å²) in [5.41, 5.74) is 0.140. The lowest BCUT2D eigenvalue weighted by molar-refractivity contribution is -0.385. The minimum atomic E-state index is -0.723. The summed E-state index contributed by atoms with van der Waals surface area (Å²) in [5, 5.41) is 14.1. The Labute approximate surface area is 205 Å². The number of nitrogens with one attached hydrogen (secondary N) is 1. The van der Waals surface area contributed by atoms with Crippen molar-refractivity contribution >= 4 is 17.5 Å². The van der Waals surface area contributed by atoms with E-state index in [1.165, 1.54) is 30.2 Å². The van der Waals surface area contributed by atoms with E-state index in [2.05, 4.69) is 5.32 Å². The first-order valence-corrected chi connectivity index (χ1v) is 11.2. The quantitative estimate of drug-likeness (QED) is 0.379. The number of nitro groups is 1. The first kappa shape index (κ1) is 27.4. The lowest BCUT2D eigenvalue weighted by atomic mass is 10.1. The predicted octanol–water partition coefficient (Wildman–Crippen LogP) is 3.71. The van der Waals surface area contributed by atoms with Gasteiger partial charge in [-0.15, -0.1) is 0 Å². The van der Waals surface area contributed by atoms with Crippen LogP contribution in [0.3, 0.4) is 0 Å². The largest absolute Gasteiger partial charge is 0.497 e. The van der Waals surface area contributed by atoms with E-state index in [1.54, 1.807) is 19.2 Å². The fraction of sp³-hybridized carbons (Fsp3) is 0.440. The van der Waals surface area contributed by atoms with Gasteiger partial charge in [-0.25, -0.2) is 0 Å². The van der Waals surface area contributed by atoms with Crippen molar-refractivity contribution in [1.82, 2.24) is 10.2 Å². The summed E-state index contributed by atoms with van der Waals surface area (Å²) in [6, 6.07) is 10.5. The van der Waals surface area contributed by atoms with Gasteiger partial charge in [0.05, 0.1) is 19.1 Å². The van der Waals surface area contributed by atoms with Gasteiger partial charge in [0.2, 0.25) is 11.7 Å². The first-order chi connectivity index (χ1) is 16.5. The zero-order valence-electron chi connectivity index (χ0n) is 21.0. The van der Waals surface area contributed by atoms with Crippen molar-refractivity contribution in [3.8, 4) is 17.2 Å². The molecule has 0 radical (unpaired) electrons. The molecule has 2 amide bonds. The Morgan fingerprint density at radius 1 is 1.06 bits per heavy atom. The van der Waals surface area contributed by atoms with Gasteiger partial charge in [-0.1, -0.05) is 19.1 Å². The van der Waals surface area contributed by atoms with Crippen LogP contribution in [0.25, 0.3) is 0 Å². The highest BCUT2D eigenvalue weighted by Gasteiger charge is 2.31. The van der Waals surface area contributed by atoms with Gasteiger partial charge in [-0.05, 0) is 51.0 Å². The lowest BCUT2D eigenvalue weighted by Crippen LogP contribution is -2.54. The molecule has 0 saturated carbocycles. The molecule has 2 rings (SSSR count). The summed E-state index contributed by atoms with van der Waals surface area (Å²) in [4.78, 5) is 38.4. The number of hydrogen-bond acceptors (Lipinski definition) is 7. The van der Waals surface area contributed by atoms with Crippen molar-refractivity contribution in [3.05, 3.63) is 58.1 Å². The molecule has 0 aliphatic heterocycles. The van der Waals surface area contributed by atoms with Crippen LogP contribution in [0.2, 0.25) is 0 Å². The van der Waals surface area contributed by atoms with Gasteiger partial charge in [0.25, 0.3) is 5.91 Å². The molecule has 0 aromatic heterocycles. The normalized spacial score (nSPS) is 11.8. The van der Waals surface area contributed by atoms with E-state index in [4.69, 9.17) is 14.2 Å². The van der Waals surface area contributed by atoms with Crippen LogP contribution in [0.15, 0.2) is 42.5 Å². The lowest BCUT2D eigenvalue weighted by Gasteiger charge is -2.33. The van der Waals surface area contributed by atoms with Crippen molar-refractivity contribution in [2.24, 2.45) is 0 Å². The van der Waals surface area contributed by atoms with Crippen molar-refractivity contribution in [2.45, 2.75) is 52.2 Å². The summed E-state index contributed by atoms with van der Waals surface area (Å²) in [5.74, 6) is 0.260.